The fourth-order valence-corrected chi connectivity index (χ4v) is 3.39. The largest absolute Gasteiger partial charge is 0.416 e. The van der Waals surface area contributed by atoms with Gasteiger partial charge in [-0.1, -0.05) is 72.5 Å². The number of aliphatic hydroxyl groups is 1. The molecule has 3 aromatic carbocycles. The first-order chi connectivity index (χ1) is 15.3. The third-order valence-corrected chi connectivity index (χ3v) is 5.35. The quantitative estimate of drug-likeness (QED) is 0.465. The molecule has 0 radical (unpaired) electrons. The van der Waals surface area contributed by atoms with Gasteiger partial charge in [-0.15, -0.1) is 0 Å². The van der Waals surface area contributed by atoms with Crippen LogP contribution in [0.25, 0.3) is 0 Å². The first kappa shape index (κ1) is 23.6. The van der Waals surface area contributed by atoms with Crippen molar-refractivity contribution in [1.82, 2.24) is 4.90 Å². The van der Waals surface area contributed by atoms with Gasteiger partial charge in [0.1, 0.15) is 0 Å². The molecule has 0 spiro atoms. The van der Waals surface area contributed by atoms with Gasteiger partial charge in [0, 0.05) is 31.1 Å². The van der Waals surface area contributed by atoms with E-state index in [4.69, 9.17) is 0 Å². The Labute approximate surface area is 187 Å². The maximum Gasteiger partial charge on any atom is 0.416 e. The Balaban J connectivity index is 1.67. The van der Waals surface area contributed by atoms with Gasteiger partial charge in [0.2, 0.25) is 0 Å². The summed E-state index contributed by atoms with van der Waals surface area (Å²) in [5.74, 6) is 5.77. The van der Waals surface area contributed by atoms with E-state index in [2.05, 4.69) is 41.0 Å². The fraction of sp³-hybridized carbons (Fsp3) is 0.259. The molecule has 0 bridgehead atoms. The van der Waals surface area contributed by atoms with Crippen molar-refractivity contribution in [3.63, 3.8) is 0 Å². The van der Waals surface area contributed by atoms with Crippen LogP contribution in [-0.2, 0) is 19.3 Å². The minimum absolute atomic E-state index is 0.169. The monoisotopic (exact) mass is 437 g/mol. The minimum atomic E-state index is -4.36. The Kier molecular flexibility index (Phi) is 8.10. The summed E-state index contributed by atoms with van der Waals surface area (Å²) in [6, 6.07) is 24.7. The van der Waals surface area contributed by atoms with E-state index < -0.39 is 17.8 Å². The second-order valence-electron chi connectivity index (χ2n) is 7.77. The maximum atomic E-state index is 12.7. The molecule has 0 aliphatic rings. The number of rotatable bonds is 7. The van der Waals surface area contributed by atoms with Crippen LogP contribution in [0.5, 0.6) is 0 Å². The summed E-state index contributed by atoms with van der Waals surface area (Å²) in [4.78, 5) is 2.20. The molecule has 0 heterocycles. The molecule has 32 heavy (non-hydrogen) atoms. The molecule has 0 fully saturated rings. The summed E-state index contributed by atoms with van der Waals surface area (Å²) in [5, 5.41) is 10.8. The summed E-state index contributed by atoms with van der Waals surface area (Å²) < 4.78 is 38.0. The number of hydrogen-bond donors (Lipinski definition) is 1. The van der Waals surface area contributed by atoms with E-state index in [1.807, 2.05) is 43.3 Å². The van der Waals surface area contributed by atoms with E-state index in [1.165, 1.54) is 12.1 Å². The first-order valence-corrected chi connectivity index (χ1v) is 10.5. The molecular formula is C27H26F3NO. The molecule has 0 aliphatic heterocycles. The highest BCUT2D eigenvalue weighted by atomic mass is 19.4. The Bertz CT molecular complexity index is 980. The van der Waals surface area contributed by atoms with Gasteiger partial charge in [-0.05, 0) is 42.3 Å². The highest BCUT2D eigenvalue weighted by molar-refractivity contribution is 5.37. The number of halogens is 3. The molecule has 2 nitrogen and oxygen atoms in total. The molecular weight excluding hydrogens is 411 g/mol. The lowest BCUT2D eigenvalue weighted by Crippen LogP contribution is -2.40. The van der Waals surface area contributed by atoms with Gasteiger partial charge in [0.05, 0.1) is 11.7 Å². The molecule has 0 saturated heterocycles. The van der Waals surface area contributed by atoms with E-state index in [-0.39, 0.29) is 12.5 Å². The predicted molar refractivity (Wildman–Crippen MR) is 121 cm³/mol. The van der Waals surface area contributed by atoms with E-state index in [0.717, 1.165) is 23.3 Å². The van der Waals surface area contributed by atoms with Crippen molar-refractivity contribution in [2.24, 2.45) is 0 Å². The van der Waals surface area contributed by atoms with Crippen LogP contribution in [0.2, 0.25) is 0 Å². The SMILES string of the molecule is CC(C(O)CC#Cc1ccc(C(F)(F)F)cc1)N(Cc1ccccc1)Cc1ccccc1. The highest BCUT2D eigenvalue weighted by Gasteiger charge is 2.29. The van der Waals surface area contributed by atoms with E-state index in [0.29, 0.717) is 18.7 Å². The van der Waals surface area contributed by atoms with Crippen LogP contribution in [0.1, 0.15) is 35.6 Å². The molecule has 5 heteroatoms. The van der Waals surface area contributed by atoms with Gasteiger partial charge < -0.3 is 5.11 Å². The van der Waals surface area contributed by atoms with Crippen LogP contribution < -0.4 is 0 Å². The van der Waals surface area contributed by atoms with Gasteiger partial charge in [-0.2, -0.15) is 13.2 Å². The lowest BCUT2D eigenvalue weighted by Gasteiger charge is -2.32. The fourth-order valence-electron chi connectivity index (χ4n) is 3.39. The Morgan fingerprint density at radius 3 is 1.78 bits per heavy atom. The minimum Gasteiger partial charge on any atom is -0.391 e. The number of aliphatic hydroxyl groups excluding tert-OH is 1. The number of nitrogens with zero attached hydrogens (tertiary/aromatic N) is 1. The molecule has 0 amide bonds. The van der Waals surface area contributed by atoms with Crippen molar-refractivity contribution >= 4 is 0 Å². The molecule has 2 unspecified atom stereocenters. The van der Waals surface area contributed by atoms with Crippen LogP contribution in [0, 0.1) is 11.8 Å². The molecule has 0 aromatic heterocycles. The van der Waals surface area contributed by atoms with Crippen molar-refractivity contribution in [2.45, 2.75) is 44.8 Å². The third-order valence-electron chi connectivity index (χ3n) is 5.35. The van der Waals surface area contributed by atoms with Crippen LogP contribution in [-0.4, -0.2) is 22.2 Å². The van der Waals surface area contributed by atoms with Crippen molar-refractivity contribution in [3.05, 3.63) is 107 Å². The smallest absolute Gasteiger partial charge is 0.391 e. The standard InChI is InChI=1S/C27H26F3NO/c1-21(26(32)14-8-13-22-15-17-25(18-16-22)27(28,29)30)31(19-23-9-4-2-5-10-23)20-24-11-6-3-7-12-24/h2-7,9-12,15-18,21,26,32H,14,19-20H2,1H3. The Hall–Kier alpha value is -3.07. The summed E-state index contributed by atoms with van der Waals surface area (Å²) >= 11 is 0. The van der Waals surface area contributed by atoms with E-state index in [9.17, 15) is 18.3 Å². The molecule has 3 aromatic rings. The van der Waals surface area contributed by atoms with Crippen LogP contribution in [0.4, 0.5) is 13.2 Å². The van der Waals surface area contributed by atoms with Gasteiger partial charge in [-0.25, -0.2) is 0 Å². The molecule has 0 saturated carbocycles. The van der Waals surface area contributed by atoms with Crippen LogP contribution >= 0.6 is 0 Å². The van der Waals surface area contributed by atoms with Gasteiger partial charge in [0.15, 0.2) is 0 Å². The third kappa shape index (κ3) is 6.98. The van der Waals surface area contributed by atoms with Gasteiger partial charge >= 0.3 is 6.18 Å². The highest BCUT2D eigenvalue weighted by Crippen LogP contribution is 2.29. The van der Waals surface area contributed by atoms with Gasteiger partial charge in [0.25, 0.3) is 0 Å². The van der Waals surface area contributed by atoms with Gasteiger partial charge in [-0.3, -0.25) is 4.90 Å². The lowest BCUT2D eigenvalue weighted by atomic mass is 10.0. The zero-order valence-electron chi connectivity index (χ0n) is 17.9. The molecule has 166 valence electrons. The predicted octanol–water partition coefficient (Wildman–Crippen LogP) is 5.90. The molecule has 3 rings (SSSR count). The molecule has 0 aliphatic carbocycles. The van der Waals surface area contributed by atoms with Crippen molar-refractivity contribution in [3.8, 4) is 11.8 Å². The zero-order valence-corrected chi connectivity index (χ0v) is 17.9. The van der Waals surface area contributed by atoms with E-state index >= 15 is 0 Å². The Morgan fingerprint density at radius 2 is 1.31 bits per heavy atom. The average Bonchev–Trinajstić information content (AvgIpc) is 2.79. The topological polar surface area (TPSA) is 23.5 Å². The second kappa shape index (κ2) is 11.0. The molecule has 2 atom stereocenters. The van der Waals surface area contributed by atoms with Crippen molar-refractivity contribution in [2.75, 3.05) is 0 Å². The van der Waals surface area contributed by atoms with Crippen LogP contribution in [0.3, 0.4) is 0 Å². The van der Waals surface area contributed by atoms with Crippen LogP contribution in [0.15, 0.2) is 84.9 Å². The van der Waals surface area contributed by atoms with Crippen molar-refractivity contribution in [1.29, 1.82) is 0 Å². The number of benzene rings is 3. The lowest BCUT2D eigenvalue weighted by molar-refractivity contribution is -0.137. The summed E-state index contributed by atoms with van der Waals surface area (Å²) in [6.07, 6.45) is -4.84. The second-order valence-corrected chi connectivity index (χ2v) is 7.77. The number of hydrogen-bond acceptors (Lipinski definition) is 2. The van der Waals surface area contributed by atoms with Crippen molar-refractivity contribution < 1.29 is 18.3 Å². The Morgan fingerprint density at radius 1 is 0.812 bits per heavy atom. The zero-order chi connectivity index (χ0) is 23.0. The summed E-state index contributed by atoms with van der Waals surface area (Å²) in [6.45, 7) is 3.33. The number of alkyl halides is 3. The first-order valence-electron chi connectivity index (χ1n) is 10.5. The summed E-state index contributed by atoms with van der Waals surface area (Å²) in [7, 11) is 0. The summed E-state index contributed by atoms with van der Waals surface area (Å²) in [5.41, 5.74) is 2.09. The average molecular weight is 438 g/mol. The molecule has 1 N–H and O–H groups in total. The van der Waals surface area contributed by atoms with E-state index in [1.54, 1.807) is 0 Å². The normalized spacial score (nSPS) is 13.3. The maximum absolute atomic E-state index is 12.7.